The summed E-state index contributed by atoms with van der Waals surface area (Å²) >= 11 is 4.28. The first-order chi connectivity index (χ1) is 3.72. The van der Waals surface area contributed by atoms with Gasteiger partial charge in [0.25, 0.3) is 0 Å². The highest BCUT2D eigenvalue weighted by atomic mass is 32.1. The third kappa shape index (κ3) is 2.41. The average molecular weight is 130 g/mol. The van der Waals surface area contributed by atoms with Crippen molar-refractivity contribution in [3.05, 3.63) is 10.5 Å². The third-order valence-electron chi connectivity index (χ3n) is 1.36. The molecule has 48 valence electrons. The lowest BCUT2D eigenvalue weighted by Gasteiger charge is -1.98. The fraction of sp³-hybridized carbons (Fsp3) is 0.714. The minimum atomic E-state index is 1.07. The van der Waals surface area contributed by atoms with E-state index in [0.717, 1.165) is 12.8 Å². The predicted octanol–water partition coefficient (Wildman–Crippen LogP) is 3.01. The maximum Gasteiger partial charge on any atom is -0.0198 e. The quantitative estimate of drug-likeness (QED) is 0.546. The first kappa shape index (κ1) is 8.09. The first-order valence-electron chi connectivity index (χ1n) is 3.09. The van der Waals surface area contributed by atoms with Crippen LogP contribution in [0.25, 0.3) is 0 Å². The van der Waals surface area contributed by atoms with Gasteiger partial charge in [-0.1, -0.05) is 19.4 Å². The van der Waals surface area contributed by atoms with Crippen molar-refractivity contribution in [2.45, 2.75) is 33.6 Å². The summed E-state index contributed by atoms with van der Waals surface area (Å²) in [7, 11) is 0. The second kappa shape index (κ2) is 4.02. The molecule has 0 heterocycles. The molecule has 0 aliphatic carbocycles. The number of hydrogen-bond donors (Lipinski definition) is 1. The SMILES string of the molecule is CC/C(C)=C(/S)CC. The number of thiol groups is 1. The van der Waals surface area contributed by atoms with E-state index in [1.807, 2.05) is 0 Å². The fourth-order valence-electron chi connectivity index (χ4n) is 0.506. The Bertz CT molecular complexity index is 80.6. The molecule has 0 aliphatic heterocycles. The molecule has 0 atom stereocenters. The van der Waals surface area contributed by atoms with Crippen LogP contribution in [0.3, 0.4) is 0 Å². The lowest BCUT2D eigenvalue weighted by molar-refractivity contribution is 1.05. The predicted molar refractivity (Wildman–Crippen MR) is 42.3 cm³/mol. The minimum Gasteiger partial charge on any atom is -0.148 e. The summed E-state index contributed by atoms with van der Waals surface area (Å²) in [6.07, 6.45) is 2.20. The van der Waals surface area contributed by atoms with Crippen LogP contribution in [0.4, 0.5) is 0 Å². The van der Waals surface area contributed by atoms with Gasteiger partial charge < -0.3 is 0 Å². The molecule has 0 aromatic heterocycles. The van der Waals surface area contributed by atoms with Gasteiger partial charge in [0.2, 0.25) is 0 Å². The lowest BCUT2D eigenvalue weighted by Crippen LogP contribution is -1.75. The molecule has 0 spiro atoms. The highest BCUT2D eigenvalue weighted by Gasteiger charge is 1.89. The van der Waals surface area contributed by atoms with Gasteiger partial charge in [-0.2, -0.15) is 0 Å². The molecule has 0 aliphatic rings. The highest BCUT2D eigenvalue weighted by molar-refractivity contribution is 7.84. The molecule has 0 saturated carbocycles. The fourth-order valence-corrected chi connectivity index (χ4v) is 0.664. The van der Waals surface area contributed by atoms with Crippen LogP contribution in [0.2, 0.25) is 0 Å². The van der Waals surface area contributed by atoms with E-state index in [1.54, 1.807) is 0 Å². The van der Waals surface area contributed by atoms with Crippen molar-refractivity contribution >= 4 is 12.6 Å². The Labute approximate surface area is 57.4 Å². The van der Waals surface area contributed by atoms with E-state index in [-0.39, 0.29) is 0 Å². The van der Waals surface area contributed by atoms with E-state index in [1.165, 1.54) is 10.5 Å². The van der Waals surface area contributed by atoms with E-state index in [9.17, 15) is 0 Å². The molecule has 0 fully saturated rings. The van der Waals surface area contributed by atoms with Crippen molar-refractivity contribution in [1.29, 1.82) is 0 Å². The zero-order valence-electron chi connectivity index (χ0n) is 5.86. The molecule has 0 amide bonds. The Kier molecular flexibility index (Phi) is 4.06. The van der Waals surface area contributed by atoms with Crippen LogP contribution in [0, 0.1) is 0 Å². The number of allylic oxidation sites excluding steroid dienone is 2. The van der Waals surface area contributed by atoms with Gasteiger partial charge in [0.15, 0.2) is 0 Å². The molecule has 0 bridgehead atoms. The number of rotatable bonds is 2. The Balaban J connectivity index is 3.83. The molecule has 0 nitrogen and oxygen atoms in total. The zero-order valence-corrected chi connectivity index (χ0v) is 6.76. The van der Waals surface area contributed by atoms with Gasteiger partial charge >= 0.3 is 0 Å². The second-order valence-corrected chi connectivity index (χ2v) is 2.47. The Morgan fingerprint density at radius 3 is 1.88 bits per heavy atom. The molecule has 0 rings (SSSR count). The second-order valence-electron chi connectivity index (χ2n) is 1.93. The Morgan fingerprint density at radius 2 is 1.75 bits per heavy atom. The van der Waals surface area contributed by atoms with Gasteiger partial charge in [-0.25, -0.2) is 0 Å². The molecule has 0 radical (unpaired) electrons. The molecule has 0 aromatic carbocycles. The van der Waals surface area contributed by atoms with Crippen LogP contribution in [0.15, 0.2) is 10.5 Å². The van der Waals surface area contributed by atoms with Crippen molar-refractivity contribution in [1.82, 2.24) is 0 Å². The van der Waals surface area contributed by atoms with Crippen LogP contribution in [-0.4, -0.2) is 0 Å². The average Bonchev–Trinajstić information content (AvgIpc) is 1.84. The summed E-state index contributed by atoms with van der Waals surface area (Å²) in [4.78, 5) is 1.24. The lowest BCUT2D eigenvalue weighted by atomic mass is 10.2. The van der Waals surface area contributed by atoms with Crippen LogP contribution in [-0.2, 0) is 0 Å². The van der Waals surface area contributed by atoms with Crippen molar-refractivity contribution in [3.8, 4) is 0 Å². The molecule has 0 N–H and O–H groups in total. The summed E-state index contributed by atoms with van der Waals surface area (Å²) < 4.78 is 0. The Morgan fingerprint density at radius 1 is 1.25 bits per heavy atom. The van der Waals surface area contributed by atoms with E-state index in [0.29, 0.717) is 0 Å². The van der Waals surface area contributed by atoms with Crippen molar-refractivity contribution in [3.63, 3.8) is 0 Å². The zero-order chi connectivity index (χ0) is 6.57. The van der Waals surface area contributed by atoms with Crippen LogP contribution < -0.4 is 0 Å². The van der Waals surface area contributed by atoms with Crippen LogP contribution in [0.5, 0.6) is 0 Å². The summed E-state index contributed by atoms with van der Waals surface area (Å²) in [5.74, 6) is 0. The van der Waals surface area contributed by atoms with Crippen molar-refractivity contribution < 1.29 is 0 Å². The van der Waals surface area contributed by atoms with Crippen LogP contribution >= 0.6 is 12.6 Å². The maximum atomic E-state index is 4.28. The minimum absolute atomic E-state index is 1.07. The number of hydrogen-bond acceptors (Lipinski definition) is 1. The summed E-state index contributed by atoms with van der Waals surface area (Å²) in [6, 6.07) is 0. The molecular formula is C7H14S. The van der Waals surface area contributed by atoms with Crippen LogP contribution in [0.1, 0.15) is 33.6 Å². The van der Waals surface area contributed by atoms with Gasteiger partial charge in [0.05, 0.1) is 0 Å². The van der Waals surface area contributed by atoms with Gasteiger partial charge in [0.1, 0.15) is 0 Å². The summed E-state index contributed by atoms with van der Waals surface area (Å²) in [5, 5.41) is 0. The molecule has 0 saturated heterocycles. The topological polar surface area (TPSA) is 0 Å². The van der Waals surface area contributed by atoms with Crippen molar-refractivity contribution in [2.75, 3.05) is 0 Å². The van der Waals surface area contributed by atoms with E-state index in [2.05, 4.69) is 33.4 Å². The third-order valence-corrected chi connectivity index (χ3v) is 2.06. The molecule has 8 heavy (non-hydrogen) atoms. The van der Waals surface area contributed by atoms with Gasteiger partial charge in [0, 0.05) is 0 Å². The van der Waals surface area contributed by atoms with E-state index < -0.39 is 0 Å². The highest BCUT2D eigenvalue weighted by Crippen LogP contribution is 2.13. The van der Waals surface area contributed by atoms with Crippen molar-refractivity contribution in [2.24, 2.45) is 0 Å². The maximum absolute atomic E-state index is 4.28. The van der Waals surface area contributed by atoms with E-state index in [4.69, 9.17) is 0 Å². The summed E-state index contributed by atoms with van der Waals surface area (Å²) in [6.45, 7) is 6.41. The smallest absolute Gasteiger partial charge is 0.0198 e. The van der Waals surface area contributed by atoms with Gasteiger partial charge in [-0.3, -0.25) is 0 Å². The molecule has 0 unspecified atom stereocenters. The molecule has 1 heteroatoms. The normalized spacial score (nSPS) is 13.5. The summed E-state index contributed by atoms with van der Waals surface area (Å²) in [5.41, 5.74) is 1.41. The van der Waals surface area contributed by atoms with E-state index >= 15 is 0 Å². The standard InChI is InChI=1S/C7H14S/c1-4-6(3)7(8)5-2/h8H,4-5H2,1-3H3/b7-6+. The molecular weight excluding hydrogens is 116 g/mol. The first-order valence-corrected chi connectivity index (χ1v) is 3.54. The van der Waals surface area contributed by atoms with Gasteiger partial charge in [-0.05, 0) is 24.7 Å². The van der Waals surface area contributed by atoms with Gasteiger partial charge in [-0.15, -0.1) is 12.6 Å². The Hall–Kier alpha value is 0.0900. The molecule has 0 aromatic rings. The largest absolute Gasteiger partial charge is 0.148 e. The monoisotopic (exact) mass is 130 g/mol.